The molecular formula is C13H16INO5. The second-order valence-electron chi connectivity index (χ2n) is 5.06. The third-order valence-corrected chi connectivity index (χ3v) is 2.99. The van der Waals surface area contributed by atoms with Gasteiger partial charge < -0.3 is 9.47 Å². The van der Waals surface area contributed by atoms with E-state index in [1.54, 1.807) is 26.8 Å². The summed E-state index contributed by atoms with van der Waals surface area (Å²) in [5.74, 6) is -0.0694. The van der Waals surface area contributed by atoms with E-state index in [4.69, 9.17) is 9.47 Å². The normalized spacial score (nSPS) is 11.0. The molecule has 0 aromatic heterocycles. The van der Waals surface area contributed by atoms with E-state index in [1.165, 1.54) is 12.1 Å². The van der Waals surface area contributed by atoms with Gasteiger partial charge in [0.1, 0.15) is 11.4 Å². The first-order chi connectivity index (χ1) is 9.23. The Balaban J connectivity index is 2.70. The SMILES string of the molecule is CC(C)(C)OC(=O)COc1ccc([N+](=O)[O-])c(CI)c1. The number of benzene rings is 1. The lowest BCUT2D eigenvalue weighted by Gasteiger charge is -2.19. The van der Waals surface area contributed by atoms with Crippen molar-refractivity contribution in [3.8, 4) is 5.75 Å². The van der Waals surface area contributed by atoms with Crippen molar-refractivity contribution in [1.82, 2.24) is 0 Å². The molecule has 0 spiro atoms. The highest BCUT2D eigenvalue weighted by molar-refractivity contribution is 14.1. The van der Waals surface area contributed by atoms with Crippen molar-refractivity contribution >= 4 is 34.2 Å². The van der Waals surface area contributed by atoms with Crippen LogP contribution in [0.3, 0.4) is 0 Å². The number of nitro benzene ring substituents is 1. The first-order valence-electron chi connectivity index (χ1n) is 5.91. The molecule has 1 aromatic carbocycles. The van der Waals surface area contributed by atoms with Crippen molar-refractivity contribution < 1.29 is 19.2 Å². The van der Waals surface area contributed by atoms with Crippen LogP contribution < -0.4 is 4.74 Å². The van der Waals surface area contributed by atoms with Crippen LogP contribution in [0.4, 0.5) is 5.69 Å². The van der Waals surface area contributed by atoms with Gasteiger partial charge in [-0.2, -0.15) is 0 Å². The number of rotatable bonds is 5. The number of hydrogen-bond acceptors (Lipinski definition) is 5. The number of ether oxygens (including phenoxy) is 2. The van der Waals surface area contributed by atoms with Gasteiger partial charge in [0.15, 0.2) is 6.61 Å². The number of carbonyl (C=O) groups excluding carboxylic acids is 1. The maximum Gasteiger partial charge on any atom is 0.344 e. The van der Waals surface area contributed by atoms with E-state index in [9.17, 15) is 14.9 Å². The van der Waals surface area contributed by atoms with Crippen molar-refractivity contribution in [2.75, 3.05) is 6.61 Å². The number of alkyl halides is 1. The van der Waals surface area contributed by atoms with Crippen molar-refractivity contribution in [1.29, 1.82) is 0 Å². The molecule has 0 radical (unpaired) electrons. The van der Waals surface area contributed by atoms with Crippen molar-refractivity contribution in [3.63, 3.8) is 0 Å². The van der Waals surface area contributed by atoms with Crippen molar-refractivity contribution in [2.45, 2.75) is 30.8 Å². The molecule has 110 valence electrons. The summed E-state index contributed by atoms with van der Waals surface area (Å²) in [6.45, 7) is 5.08. The first kappa shape index (κ1) is 16.7. The van der Waals surface area contributed by atoms with Crippen LogP contribution in [-0.2, 0) is 14.0 Å². The van der Waals surface area contributed by atoms with Gasteiger partial charge in [-0.15, -0.1) is 0 Å². The van der Waals surface area contributed by atoms with Crippen LogP contribution in [0.2, 0.25) is 0 Å². The Morgan fingerprint density at radius 1 is 1.40 bits per heavy atom. The van der Waals surface area contributed by atoms with Crippen LogP contribution in [0, 0.1) is 10.1 Å². The lowest BCUT2D eigenvalue weighted by molar-refractivity contribution is -0.385. The third kappa shape index (κ3) is 5.32. The van der Waals surface area contributed by atoms with Gasteiger partial charge in [-0.3, -0.25) is 10.1 Å². The zero-order valence-electron chi connectivity index (χ0n) is 11.5. The molecule has 20 heavy (non-hydrogen) atoms. The van der Waals surface area contributed by atoms with Crippen LogP contribution in [0.1, 0.15) is 26.3 Å². The summed E-state index contributed by atoms with van der Waals surface area (Å²) in [4.78, 5) is 21.9. The highest BCUT2D eigenvalue weighted by Crippen LogP contribution is 2.26. The monoisotopic (exact) mass is 393 g/mol. The van der Waals surface area contributed by atoms with E-state index in [1.807, 2.05) is 22.6 Å². The van der Waals surface area contributed by atoms with Gasteiger partial charge in [0, 0.05) is 16.1 Å². The second kappa shape index (κ2) is 6.87. The summed E-state index contributed by atoms with van der Waals surface area (Å²) >= 11 is 2.04. The summed E-state index contributed by atoms with van der Waals surface area (Å²) in [7, 11) is 0. The lowest BCUT2D eigenvalue weighted by atomic mass is 10.2. The minimum absolute atomic E-state index is 0.0454. The average Bonchev–Trinajstić information content (AvgIpc) is 2.33. The lowest BCUT2D eigenvalue weighted by Crippen LogP contribution is -2.27. The molecule has 1 aromatic rings. The van der Waals surface area contributed by atoms with Gasteiger partial charge >= 0.3 is 5.97 Å². The Morgan fingerprint density at radius 2 is 2.05 bits per heavy atom. The van der Waals surface area contributed by atoms with E-state index < -0.39 is 16.5 Å². The molecule has 0 saturated heterocycles. The maximum absolute atomic E-state index is 11.5. The third-order valence-electron chi connectivity index (χ3n) is 2.17. The largest absolute Gasteiger partial charge is 0.482 e. The van der Waals surface area contributed by atoms with Crippen LogP contribution in [0.5, 0.6) is 5.75 Å². The second-order valence-corrected chi connectivity index (χ2v) is 5.82. The number of nitro groups is 1. The van der Waals surface area contributed by atoms with Crippen molar-refractivity contribution in [2.24, 2.45) is 0 Å². The molecule has 1 rings (SSSR count). The van der Waals surface area contributed by atoms with E-state index in [0.717, 1.165) is 0 Å². The van der Waals surface area contributed by atoms with Crippen LogP contribution in [0.15, 0.2) is 18.2 Å². The van der Waals surface area contributed by atoms with Gasteiger partial charge in [-0.1, -0.05) is 22.6 Å². The number of halogens is 1. The summed E-state index contributed by atoms with van der Waals surface area (Å²) in [5.41, 5.74) is 0.0322. The minimum atomic E-state index is -0.566. The molecule has 0 bridgehead atoms. The zero-order valence-corrected chi connectivity index (χ0v) is 13.7. The Hall–Kier alpha value is -1.38. The molecule has 0 aliphatic carbocycles. The Labute approximate surface area is 130 Å². The van der Waals surface area contributed by atoms with E-state index in [2.05, 4.69) is 0 Å². The number of esters is 1. The topological polar surface area (TPSA) is 78.7 Å². The summed E-state index contributed by atoms with van der Waals surface area (Å²) in [6.07, 6.45) is 0. The predicted octanol–water partition coefficient (Wildman–Crippen LogP) is 3.25. The Morgan fingerprint density at radius 3 is 2.55 bits per heavy atom. The zero-order chi connectivity index (χ0) is 15.3. The van der Waals surface area contributed by atoms with Gasteiger partial charge in [0.2, 0.25) is 0 Å². The van der Waals surface area contributed by atoms with Gasteiger partial charge in [-0.05, 0) is 32.9 Å². The first-order valence-corrected chi connectivity index (χ1v) is 7.43. The van der Waals surface area contributed by atoms with Gasteiger partial charge in [0.05, 0.1) is 4.92 Å². The smallest absolute Gasteiger partial charge is 0.344 e. The standard InChI is InChI=1S/C13H16INO5/c1-13(2,3)20-12(16)8-19-10-4-5-11(15(17)18)9(6-10)7-14/h4-6H,7-8H2,1-3H3. The molecule has 0 amide bonds. The molecule has 7 heteroatoms. The molecule has 0 N–H and O–H groups in total. The van der Waals surface area contributed by atoms with E-state index >= 15 is 0 Å². The maximum atomic E-state index is 11.5. The molecular weight excluding hydrogens is 377 g/mol. The fraction of sp³-hybridized carbons (Fsp3) is 0.462. The van der Waals surface area contributed by atoms with Crippen LogP contribution in [0.25, 0.3) is 0 Å². The molecule has 0 atom stereocenters. The molecule has 0 saturated carbocycles. The van der Waals surface area contributed by atoms with E-state index in [0.29, 0.717) is 15.7 Å². The highest BCUT2D eigenvalue weighted by Gasteiger charge is 2.17. The highest BCUT2D eigenvalue weighted by atomic mass is 127. The summed E-state index contributed by atoms with van der Waals surface area (Å²) < 4.78 is 10.9. The average molecular weight is 393 g/mol. The predicted molar refractivity (Wildman–Crippen MR) is 82.2 cm³/mol. The Kier molecular flexibility index (Phi) is 5.73. The fourth-order valence-electron chi connectivity index (χ4n) is 1.45. The Bertz CT molecular complexity index is 510. The van der Waals surface area contributed by atoms with Crippen molar-refractivity contribution in [3.05, 3.63) is 33.9 Å². The van der Waals surface area contributed by atoms with Crippen LogP contribution >= 0.6 is 22.6 Å². The molecule has 0 heterocycles. The van der Waals surface area contributed by atoms with Gasteiger partial charge in [-0.25, -0.2) is 4.79 Å². The minimum Gasteiger partial charge on any atom is -0.482 e. The molecule has 6 nitrogen and oxygen atoms in total. The quantitative estimate of drug-likeness (QED) is 0.252. The number of hydrogen-bond donors (Lipinski definition) is 0. The molecule has 0 fully saturated rings. The molecule has 0 aliphatic heterocycles. The number of nitrogens with zero attached hydrogens (tertiary/aromatic N) is 1. The molecule has 0 unspecified atom stereocenters. The number of carbonyl (C=O) groups is 1. The fourth-order valence-corrected chi connectivity index (χ4v) is 2.06. The van der Waals surface area contributed by atoms with Crippen LogP contribution in [-0.4, -0.2) is 23.1 Å². The van der Waals surface area contributed by atoms with Gasteiger partial charge in [0.25, 0.3) is 5.69 Å². The molecule has 0 aliphatic rings. The summed E-state index contributed by atoms with van der Waals surface area (Å²) in [5, 5.41) is 10.8. The summed E-state index contributed by atoms with van der Waals surface area (Å²) in [6, 6.07) is 4.41. The van der Waals surface area contributed by atoms with E-state index in [-0.39, 0.29) is 12.3 Å².